The molecule has 0 atom stereocenters. The number of fused-ring (bicyclic) bond motifs is 2. The molecule has 1 nitrogen and oxygen atoms in total. The van der Waals surface area contributed by atoms with Crippen molar-refractivity contribution >= 4 is 11.9 Å². The monoisotopic (exact) mass is 346 g/mol. The van der Waals surface area contributed by atoms with E-state index in [2.05, 4.69) is 72.8 Å². The summed E-state index contributed by atoms with van der Waals surface area (Å²) in [7, 11) is 0. The van der Waals surface area contributed by atoms with Crippen molar-refractivity contribution in [2.75, 3.05) is 0 Å². The van der Waals surface area contributed by atoms with Crippen LogP contribution >= 0.6 is 0 Å². The first-order valence-corrected chi connectivity index (χ1v) is 9.17. The Balaban J connectivity index is 1.97. The van der Waals surface area contributed by atoms with Gasteiger partial charge in [-0.2, -0.15) is 0 Å². The molecule has 1 heteroatoms. The molecular formula is C26H18O. The molecule has 0 aliphatic heterocycles. The molecule has 0 spiro atoms. The largest absolute Gasteiger partial charge is 0.289 e. The van der Waals surface area contributed by atoms with E-state index < -0.39 is 5.41 Å². The highest BCUT2D eigenvalue weighted by Gasteiger charge is 2.45. The van der Waals surface area contributed by atoms with E-state index in [0.29, 0.717) is 0 Å². The van der Waals surface area contributed by atoms with E-state index in [-0.39, 0.29) is 5.78 Å². The van der Waals surface area contributed by atoms with Crippen molar-refractivity contribution in [2.45, 2.75) is 5.41 Å². The normalized spacial score (nSPS) is 16.8. The van der Waals surface area contributed by atoms with Gasteiger partial charge in [0, 0.05) is 5.57 Å². The minimum Gasteiger partial charge on any atom is -0.289 e. The molecule has 3 aromatic carbocycles. The Kier molecular flexibility index (Phi) is 3.54. The molecule has 0 N–H and O–H groups in total. The van der Waals surface area contributed by atoms with Gasteiger partial charge in [0.05, 0.1) is 5.41 Å². The molecule has 5 rings (SSSR count). The molecule has 3 aromatic rings. The molecule has 0 aromatic heterocycles. The number of allylic oxidation sites excluding steroid dienone is 5. The zero-order valence-corrected chi connectivity index (χ0v) is 14.8. The predicted octanol–water partition coefficient (Wildman–Crippen LogP) is 5.48. The van der Waals surface area contributed by atoms with Crippen molar-refractivity contribution in [3.8, 4) is 0 Å². The number of carbonyl (C=O) groups excluding carboxylic acids is 1. The summed E-state index contributed by atoms with van der Waals surface area (Å²) < 4.78 is 0. The molecule has 0 heterocycles. The van der Waals surface area contributed by atoms with Crippen molar-refractivity contribution in [2.24, 2.45) is 0 Å². The molecule has 0 amide bonds. The third-order valence-corrected chi connectivity index (χ3v) is 5.55. The van der Waals surface area contributed by atoms with Gasteiger partial charge in [-0.1, -0.05) is 97.1 Å². The molecule has 0 radical (unpaired) electrons. The fourth-order valence-electron chi connectivity index (χ4n) is 4.45. The summed E-state index contributed by atoms with van der Waals surface area (Å²) in [5.74, 6) is 0.0678. The average Bonchev–Trinajstić information content (AvgIpc) is 2.74. The molecule has 0 unspecified atom stereocenters. The van der Waals surface area contributed by atoms with Gasteiger partial charge in [-0.3, -0.25) is 4.79 Å². The Morgan fingerprint density at radius 3 is 1.93 bits per heavy atom. The Morgan fingerprint density at radius 1 is 0.667 bits per heavy atom. The fourth-order valence-corrected chi connectivity index (χ4v) is 4.45. The topological polar surface area (TPSA) is 17.1 Å². The molecule has 27 heavy (non-hydrogen) atoms. The van der Waals surface area contributed by atoms with Crippen LogP contribution in [-0.2, 0) is 10.2 Å². The summed E-state index contributed by atoms with van der Waals surface area (Å²) in [5.41, 5.74) is 5.97. The van der Waals surface area contributed by atoms with Crippen LogP contribution in [-0.4, -0.2) is 5.78 Å². The zero-order chi connectivity index (χ0) is 18.3. The van der Waals surface area contributed by atoms with E-state index in [0.717, 1.165) is 16.7 Å². The minimum absolute atomic E-state index is 0.0678. The van der Waals surface area contributed by atoms with Gasteiger partial charge in [-0.15, -0.1) is 0 Å². The van der Waals surface area contributed by atoms with E-state index in [9.17, 15) is 4.79 Å². The summed E-state index contributed by atoms with van der Waals surface area (Å²) in [6.45, 7) is 0. The van der Waals surface area contributed by atoms with Gasteiger partial charge in [-0.25, -0.2) is 0 Å². The van der Waals surface area contributed by atoms with Crippen LogP contribution in [0.2, 0.25) is 0 Å². The Bertz CT molecular complexity index is 1080. The highest BCUT2D eigenvalue weighted by molar-refractivity contribution is 6.14. The average molecular weight is 346 g/mol. The SMILES string of the molecule is O=C1C=CC=C2C1=Cc1ccccc1C2(c1ccccc1)c1ccccc1. The van der Waals surface area contributed by atoms with E-state index in [1.54, 1.807) is 6.08 Å². The lowest BCUT2D eigenvalue weighted by Gasteiger charge is -2.43. The maximum Gasteiger partial charge on any atom is 0.186 e. The van der Waals surface area contributed by atoms with Crippen LogP contribution in [0, 0.1) is 0 Å². The van der Waals surface area contributed by atoms with Gasteiger partial charge in [-0.05, 0) is 40.0 Å². The van der Waals surface area contributed by atoms with E-state index >= 15 is 0 Å². The lowest BCUT2D eigenvalue weighted by Crippen LogP contribution is -2.37. The van der Waals surface area contributed by atoms with Crippen LogP contribution in [0.1, 0.15) is 22.3 Å². The summed E-state index contributed by atoms with van der Waals surface area (Å²) in [5, 5.41) is 0. The van der Waals surface area contributed by atoms with Crippen LogP contribution < -0.4 is 0 Å². The molecule has 0 saturated heterocycles. The Labute approximate surface area is 159 Å². The van der Waals surface area contributed by atoms with Crippen molar-refractivity contribution in [1.29, 1.82) is 0 Å². The molecular weight excluding hydrogens is 328 g/mol. The summed E-state index contributed by atoms with van der Waals surface area (Å²) >= 11 is 0. The lowest BCUT2D eigenvalue weighted by molar-refractivity contribution is -0.111. The number of rotatable bonds is 2. The second-order valence-corrected chi connectivity index (χ2v) is 6.93. The van der Waals surface area contributed by atoms with Crippen molar-refractivity contribution < 1.29 is 4.79 Å². The third kappa shape index (κ3) is 2.22. The van der Waals surface area contributed by atoms with Crippen molar-refractivity contribution in [3.63, 3.8) is 0 Å². The second kappa shape index (κ2) is 6.07. The predicted molar refractivity (Wildman–Crippen MR) is 109 cm³/mol. The van der Waals surface area contributed by atoms with Gasteiger partial charge >= 0.3 is 0 Å². The van der Waals surface area contributed by atoms with E-state index in [1.807, 2.05) is 30.4 Å². The maximum atomic E-state index is 12.8. The number of carbonyl (C=O) groups is 1. The summed E-state index contributed by atoms with van der Waals surface area (Å²) in [6, 6.07) is 29.4. The van der Waals surface area contributed by atoms with Crippen molar-refractivity contribution in [1.82, 2.24) is 0 Å². The number of hydrogen-bond acceptors (Lipinski definition) is 1. The number of hydrogen-bond donors (Lipinski definition) is 0. The van der Waals surface area contributed by atoms with Gasteiger partial charge in [0.25, 0.3) is 0 Å². The first kappa shape index (κ1) is 15.8. The second-order valence-electron chi connectivity index (χ2n) is 6.93. The molecule has 2 aliphatic carbocycles. The Morgan fingerprint density at radius 2 is 1.26 bits per heavy atom. The van der Waals surface area contributed by atoms with Crippen LogP contribution in [0.3, 0.4) is 0 Å². The first-order valence-electron chi connectivity index (χ1n) is 9.17. The van der Waals surface area contributed by atoms with Crippen LogP contribution in [0.15, 0.2) is 114 Å². The molecule has 0 fully saturated rings. The highest BCUT2D eigenvalue weighted by Crippen LogP contribution is 2.52. The minimum atomic E-state index is -0.510. The van der Waals surface area contributed by atoms with Crippen LogP contribution in [0.5, 0.6) is 0 Å². The van der Waals surface area contributed by atoms with Gasteiger partial charge < -0.3 is 0 Å². The van der Waals surface area contributed by atoms with Gasteiger partial charge in [0.1, 0.15) is 0 Å². The van der Waals surface area contributed by atoms with Gasteiger partial charge in [0.2, 0.25) is 0 Å². The maximum absolute atomic E-state index is 12.8. The van der Waals surface area contributed by atoms with Gasteiger partial charge in [0.15, 0.2) is 5.78 Å². The van der Waals surface area contributed by atoms with Crippen LogP contribution in [0.4, 0.5) is 0 Å². The standard InChI is InChI=1S/C26H18O/c27-25-17-9-16-24-22(25)18-19-10-7-8-15-23(19)26(24,20-11-3-1-4-12-20)21-13-5-2-6-14-21/h1-18H. The third-order valence-electron chi connectivity index (χ3n) is 5.55. The van der Waals surface area contributed by atoms with E-state index in [1.165, 1.54) is 16.7 Å². The van der Waals surface area contributed by atoms with Crippen molar-refractivity contribution in [3.05, 3.63) is 137 Å². The summed E-state index contributed by atoms with van der Waals surface area (Å²) in [6.07, 6.45) is 7.67. The smallest absolute Gasteiger partial charge is 0.186 e. The quantitative estimate of drug-likeness (QED) is 0.600. The molecule has 2 aliphatic rings. The number of benzene rings is 3. The first-order chi connectivity index (χ1) is 13.3. The highest BCUT2D eigenvalue weighted by atomic mass is 16.1. The fraction of sp³-hybridized carbons (Fsp3) is 0.0385. The Hall–Kier alpha value is -3.45. The molecule has 0 saturated carbocycles. The summed E-state index contributed by atoms with van der Waals surface area (Å²) in [4.78, 5) is 12.8. The zero-order valence-electron chi connectivity index (χ0n) is 14.8. The van der Waals surface area contributed by atoms with E-state index in [4.69, 9.17) is 0 Å². The number of ketones is 1. The molecule has 128 valence electrons. The van der Waals surface area contributed by atoms with Crippen LogP contribution in [0.25, 0.3) is 6.08 Å². The molecule has 0 bridgehead atoms. The lowest BCUT2D eigenvalue weighted by atomic mass is 9.58.